The highest BCUT2D eigenvalue weighted by molar-refractivity contribution is 5.94. The zero-order valence-electron chi connectivity index (χ0n) is 15.0. The summed E-state index contributed by atoms with van der Waals surface area (Å²) in [4.78, 5) is 14.4. The zero-order valence-corrected chi connectivity index (χ0v) is 15.0. The molecule has 1 aromatic rings. The van der Waals surface area contributed by atoms with Crippen LogP contribution in [0.5, 0.6) is 0 Å². The van der Waals surface area contributed by atoms with Gasteiger partial charge in [-0.1, -0.05) is 6.42 Å². The Bertz CT molecular complexity index is 582. The van der Waals surface area contributed by atoms with Crippen LogP contribution < -0.4 is 10.2 Å². The van der Waals surface area contributed by atoms with Crippen molar-refractivity contribution >= 4 is 5.91 Å². The van der Waals surface area contributed by atoms with Crippen LogP contribution in [0.1, 0.15) is 74.6 Å². The molecule has 2 bridgehead atoms. The van der Waals surface area contributed by atoms with Gasteiger partial charge in [0.1, 0.15) is 5.82 Å². The summed E-state index contributed by atoms with van der Waals surface area (Å²) < 4.78 is 13.0. The molecule has 1 saturated carbocycles. The summed E-state index contributed by atoms with van der Waals surface area (Å²) in [5.74, 6) is -0.348. The topological polar surface area (TPSA) is 33.5 Å². The second-order valence-corrected chi connectivity index (χ2v) is 8.31. The van der Waals surface area contributed by atoms with E-state index in [-0.39, 0.29) is 17.8 Å². The van der Waals surface area contributed by atoms with Crippen LogP contribution in [0.2, 0.25) is 0 Å². The third-order valence-corrected chi connectivity index (χ3v) is 6.70. The van der Waals surface area contributed by atoms with Gasteiger partial charge in [-0.25, -0.2) is 4.39 Å². The molecule has 0 radical (unpaired) electrons. The first-order chi connectivity index (χ1) is 12.2. The van der Waals surface area contributed by atoms with E-state index in [2.05, 4.69) is 5.32 Å². The van der Waals surface area contributed by atoms with E-state index >= 15 is 0 Å². The van der Waals surface area contributed by atoms with Gasteiger partial charge < -0.3 is 10.2 Å². The molecular formula is C21H30FN2O+. The number of hydrogen-bond acceptors (Lipinski definition) is 1. The number of hydrogen-bond donors (Lipinski definition) is 2. The fourth-order valence-electron chi connectivity index (χ4n) is 5.66. The Morgan fingerprint density at radius 2 is 1.48 bits per heavy atom. The van der Waals surface area contributed by atoms with Crippen molar-refractivity contribution in [3.05, 3.63) is 35.6 Å². The van der Waals surface area contributed by atoms with E-state index in [0.29, 0.717) is 17.6 Å². The molecule has 2 heterocycles. The van der Waals surface area contributed by atoms with Crippen molar-refractivity contribution in [1.29, 1.82) is 0 Å². The predicted octanol–water partition coefficient (Wildman–Crippen LogP) is 2.86. The van der Waals surface area contributed by atoms with E-state index in [1.807, 2.05) is 4.90 Å². The van der Waals surface area contributed by atoms with Crippen molar-refractivity contribution in [2.45, 2.75) is 88.4 Å². The average Bonchev–Trinajstić information content (AvgIpc) is 2.62. The average molecular weight is 345 g/mol. The molecular weight excluding hydrogens is 315 g/mol. The normalized spacial score (nSPS) is 33.0. The third kappa shape index (κ3) is 3.74. The fraction of sp³-hybridized carbons (Fsp3) is 0.667. The Hall–Kier alpha value is -1.42. The van der Waals surface area contributed by atoms with Crippen LogP contribution in [0.4, 0.5) is 4.39 Å². The van der Waals surface area contributed by atoms with Crippen molar-refractivity contribution < 1.29 is 14.1 Å². The first kappa shape index (κ1) is 17.0. The van der Waals surface area contributed by atoms with Crippen LogP contribution in [-0.4, -0.2) is 30.1 Å². The Morgan fingerprint density at radius 1 is 0.880 bits per heavy atom. The Labute approximate surface area is 150 Å². The molecule has 4 heteroatoms. The lowest BCUT2D eigenvalue weighted by Crippen LogP contribution is -3.24. The molecule has 136 valence electrons. The van der Waals surface area contributed by atoms with Gasteiger partial charge in [0.05, 0.1) is 18.1 Å². The van der Waals surface area contributed by atoms with Gasteiger partial charge in [0, 0.05) is 24.4 Å². The number of quaternary nitrogens is 1. The Morgan fingerprint density at radius 3 is 2.12 bits per heavy atom. The SMILES string of the molecule is O=C(NC1C[C@H]2CCC[C@@H](C1)[NH+]2C1CCCCC1)c1ccc(F)cc1. The molecule has 4 atom stereocenters. The second-order valence-electron chi connectivity index (χ2n) is 8.31. The van der Waals surface area contributed by atoms with Gasteiger partial charge in [-0.3, -0.25) is 4.79 Å². The van der Waals surface area contributed by atoms with Gasteiger partial charge in [0.2, 0.25) is 0 Å². The molecule has 3 aliphatic rings. The molecule has 3 fully saturated rings. The molecule has 1 aromatic carbocycles. The van der Waals surface area contributed by atoms with E-state index in [9.17, 15) is 9.18 Å². The molecule has 1 amide bonds. The van der Waals surface area contributed by atoms with Crippen LogP contribution in [-0.2, 0) is 0 Å². The minimum atomic E-state index is -0.296. The highest BCUT2D eigenvalue weighted by atomic mass is 19.1. The maximum Gasteiger partial charge on any atom is 0.251 e. The summed E-state index contributed by atoms with van der Waals surface area (Å²) in [5.41, 5.74) is 0.564. The standard InChI is InChI=1S/C21H29FN2O/c22-16-11-9-15(10-12-16)21(25)23-17-13-19-7-4-8-20(14-17)24(19)18-5-2-1-3-6-18/h9-12,17-20H,1-8,13-14H2,(H,23,25)/p+1/t17?,19-,20+. The maximum absolute atomic E-state index is 13.0. The minimum Gasteiger partial charge on any atom is -0.349 e. The second kappa shape index (κ2) is 7.45. The number of piperidine rings is 2. The first-order valence-electron chi connectivity index (χ1n) is 10.1. The highest BCUT2D eigenvalue weighted by Crippen LogP contribution is 2.26. The largest absolute Gasteiger partial charge is 0.349 e. The molecule has 2 aliphatic heterocycles. The van der Waals surface area contributed by atoms with Crippen LogP contribution in [0, 0.1) is 5.82 Å². The lowest BCUT2D eigenvalue weighted by Gasteiger charge is -2.50. The first-order valence-corrected chi connectivity index (χ1v) is 10.1. The van der Waals surface area contributed by atoms with Crippen LogP contribution in [0.3, 0.4) is 0 Å². The molecule has 2 unspecified atom stereocenters. The Kier molecular flexibility index (Phi) is 5.07. The summed E-state index contributed by atoms with van der Waals surface area (Å²) in [6, 6.07) is 8.45. The van der Waals surface area contributed by atoms with Crippen LogP contribution in [0.25, 0.3) is 0 Å². The monoisotopic (exact) mass is 345 g/mol. The quantitative estimate of drug-likeness (QED) is 0.868. The van der Waals surface area contributed by atoms with Crippen molar-refractivity contribution in [1.82, 2.24) is 5.32 Å². The summed E-state index contributed by atoms with van der Waals surface area (Å²) in [5, 5.41) is 3.23. The lowest BCUT2D eigenvalue weighted by molar-refractivity contribution is -0.984. The molecule has 4 rings (SSSR count). The molecule has 1 aliphatic carbocycles. The van der Waals surface area contributed by atoms with Crippen LogP contribution in [0.15, 0.2) is 24.3 Å². The van der Waals surface area contributed by atoms with Crippen molar-refractivity contribution in [3.63, 3.8) is 0 Å². The molecule has 0 spiro atoms. The lowest BCUT2D eigenvalue weighted by atomic mass is 9.78. The fourth-order valence-corrected chi connectivity index (χ4v) is 5.66. The van der Waals surface area contributed by atoms with Crippen LogP contribution >= 0.6 is 0 Å². The van der Waals surface area contributed by atoms with Gasteiger partial charge in [-0.2, -0.15) is 0 Å². The van der Waals surface area contributed by atoms with Gasteiger partial charge in [0.25, 0.3) is 5.91 Å². The minimum absolute atomic E-state index is 0.0517. The van der Waals surface area contributed by atoms with Gasteiger partial charge >= 0.3 is 0 Å². The van der Waals surface area contributed by atoms with E-state index in [1.54, 1.807) is 12.1 Å². The number of benzene rings is 1. The van der Waals surface area contributed by atoms with Gasteiger partial charge in [-0.15, -0.1) is 0 Å². The number of carbonyl (C=O) groups excluding carboxylic acids is 1. The van der Waals surface area contributed by atoms with E-state index in [4.69, 9.17) is 0 Å². The molecule has 25 heavy (non-hydrogen) atoms. The predicted molar refractivity (Wildman–Crippen MR) is 96.2 cm³/mol. The molecule has 2 saturated heterocycles. The molecule has 0 aromatic heterocycles. The summed E-state index contributed by atoms with van der Waals surface area (Å²) in [6.45, 7) is 0. The van der Waals surface area contributed by atoms with Crippen molar-refractivity contribution in [3.8, 4) is 0 Å². The van der Waals surface area contributed by atoms with E-state index < -0.39 is 0 Å². The number of rotatable bonds is 3. The number of halogens is 1. The third-order valence-electron chi connectivity index (χ3n) is 6.70. The Balaban J connectivity index is 1.40. The number of carbonyl (C=O) groups is 1. The van der Waals surface area contributed by atoms with Crippen molar-refractivity contribution in [2.24, 2.45) is 0 Å². The summed E-state index contributed by atoms with van der Waals surface area (Å²) in [7, 11) is 0. The smallest absolute Gasteiger partial charge is 0.251 e. The van der Waals surface area contributed by atoms with E-state index in [1.165, 1.54) is 63.5 Å². The van der Waals surface area contributed by atoms with Gasteiger partial charge in [-0.05, 0) is 69.2 Å². The number of nitrogens with one attached hydrogen (secondary N) is 2. The zero-order chi connectivity index (χ0) is 17.2. The highest BCUT2D eigenvalue weighted by Gasteiger charge is 2.45. The van der Waals surface area contributed by atoms with Gasteiger partial charge in [0.15, 0.2) is 0 Å². The maximum atomic E-state index is 13.0. The van der Waals surface area contributed by atoms with Crippen molar-refractivity contribution in [2.75, 3.05) is 0 Å². The van der Waals surface area contributed by atoms with E-state index in [0.717, 1.165) is 18.9 Å². The summed E-state index contributed by atoms with van der Waals surface area (Å²) >= 11 is 0. The molecule has 3 nitrogen and oxygen atoms in total. The summed E-state index contributed by atoms with van der Waals surface area (Å²) in [6.07, 6.45) is 13.2. The number of fused-ring (bicyclic) bond motifs is 2. The molecule has 2 N–H and O–H groups in total. The number of amides is 1.